The Morgan fingerprint density at radius 3 is 1.44 bits per heavy atom. The van der Waals surface area contributed by atoms with Crippen molar-refractivity contribution in [3.63, 3.8) is 0 Å². The molecule has 3 saturated heterocycles. The van der Waals surface area contributed by atoms with Gasteiger partial charge in [-0.3, -0.25) is 49.0 Å². The number of imide groups is 2. The molecule has 4 aromatic heterocycles. The number of nitrogen functional groups attached to an aromatic ring is 2. The number of anilines is 2. The molecule has 4 atom stereocenters. The molecular formula is C83H83N9O18S. The summed E-state index contributed by atoms with van der Waals surface area (Å²) < 4.78 is 61.4. The predicted molar refractivity (Wildman–Crippen MR) is 413 cm³/mol. The van der Waals surface area contributed by atoms with Crippen molar-refractivity contribution in [2.45, 2.75) is 146 Å². The van der Waals surface area contributed by atoms with Gasteiger partial charge in [-0.25, -0.2) is 13.2 Å². The number of hydrogen-bond acceptors (Lipinski definition) is 24. The summed E-state index contributed by atoms with van der Waals surface area (Å²) in [6.45, 7) is 8.10. The number of nitrogens with one attached hydrogen (secondary N) is 2. The van der Waals surface area contributed by atoms with E-state index in [1.807, 2.05) is 141 Å². The number of rotatable bonds is 14. The van der Waals surface area contributed by atoms with Gasteiger partial charge < -0.3 is 48.7 Å². The number of carbonyl (C=O) groups is 9. The van der Waals surface area contributed by atoms with E-state index in [9.17, 15) is 51.6 Å². The summed E-state index contributed by atoms with van der Waals surface area (Å²) >= 11 is 0. The first kappa shape index (κ1) is 75.9. The number of fused-ring (bicyclic) bond motifs is 10. The van der Waals surface area contributed by atoms with Crippen molar-refractivity contribution in [2.24, 2.45) is 5.92 Å². The fraction of sp³-hybridized carbons (Fsp3) is 0.361. The lowest BCUT2D eigenvalue weighted by Gasteiger charge is -2.33. The van der Waals surface area contributed by atoms with Crippen LogP contribution < -0.4 is 31.6 Å². The number of benzene rings is 8. The molecule has 0 bridgehead atoms. The van der Waals surface area contributed by atoms with Gasteiger partial charge in [-0.1, -0.05) is 57.0 Å². The summed E-state index contributed by atoms with van der Waals surface area (Å²) in [5, 5.41) is 31.9. The minimum Gasteiger partial charge on any atom is -0.494 e. The van der Waals surface area contributed by atoms with Crippen LogP contribution in [0.25, 0.3) is 87.0 Å². The van der Waals surface area contributed by atoms with Crippen molar-refractivity contribution in [1.29, 1.82) is 0 Å². The molecule has 0 spiro atoms. The average Bonchev–Trinajstić information content (AvgIpc) is 1.67. The number of likely N-dealkylation sites (tertiary alicyclic amines) is 1. The van der Waals surface area contributed by atoms with E-state index in [0.717, 1.165) is 109 Å². The number of hydrogen-bond donors (Lipinski definition) is 4. The van der Waals surface area contributed by atoms with Crippen LogP contribution in [-0.4, -0.2) is 131 Å². The van der Waals surface area contributed by atoms with E-state index in [2.05, 4.69) is 31.3 Å². The number of carbonyl (C=O) groups excluding carboxylic acids is 9. The van der Waals surface area contributed by atoms with E-state index in [4.69, 9.17) is 43.8 Å². The first-order valence-electron chi connectivity index (χ1n) is 37.2. The van der Waals surface area contributed by atoms with Crippen molar-refractivity contribution in [2.75, 3.05) is 49.8 Å². The van der Waals surface area contributed by atoms with Gasteiger partial charge in [0.1, 0.15) is 72.8 Å². The Labute approximate surface area is 635 Å². The van der Waals surface area contributed by atoms with Crippen LogP contribution in [0.3, 0.4) is 0 Å². The van der Waals surface area contributed by atoms with E-state index in [0.29, 0.717) is 139 Å². The Morgan fingerprint density at radius 1 is 0.495 bits per heavy atom. The molecule has 574 valence electrons. The van der Waals surface area contributed by atoms with Crippen LogP contribution in [0.2, 0.25) is 0 Å². The van der Waals surface area contributed by atoms with Crippen molar-refractivity contribution in [3.05, 3.63) is 144 Å². The van der Waals surface area contributed by atoms with E-state index >= 15 is 0 Å². The third-order valence-corrected chi connectivity index (χ3v) is 22.0. The highest BCUT2D eigenvalue weighted by molar-refractivity contribution is 7.90. The Morgan fingerprint density at radius 2 is 0.946 bits per heavy atom. The first-order chi connectivity index (χ1) is 53.3. The summed E-state index contributed by atoms with van der Waals surface area (Å²) in [7, 11) is -3.00. The van der Waals surface area contributed by atoms with Gasteiger partial charge in [0.05, 0.1) is 66.3 Å². The zero-order valence-corrected chi connectivity index (χ0v) is 62.5. The van der Waals surface area contributed by atoms with Crippen LogP contribution in [-0.2, 0) is 52.9 Å². The Balaban J connectivity index is 0.000000126. The Kier molecular flexibility index (Phi) is 21.8. The van der Waals surface area contributed by atoms with Crippen molar-refractivity contribution < 1.29 is 83.9 Å². The highest BCUT2D eigenvalue weighted by Crippen LogP contribution is 2.42. The lowest BCUT2D eigenvalue weighted by molar-refractivity contribution is -0.136. The first-order valence-corrected chi connectivity index (χ1v) is 39.3. The minimum atomic E-state index is -3.00. The maximum Gasteiger partial charge on any atom is 0.410 e. The van der Waals surface area contributed by atoms with E-state index < -0.39 is 39.1 Å². The lowest BCUT2D eigenvalue weighted by atomic mass is 9.83. The number of ether oxygens (including phenoxy) is 3. The van der Waals surface area contributed by atoms with Gasteiger partial charge in [0, 0.05) is 77.9 Å². The number of nitrogens with two attached hydrogens (primary N) is 2. The fourth-order valence-corrected chi connectivity index (χ4v) is 15.9. The largest absolute Gasteiger partial charge is 0.494 e. The standard InChI is InChI=1S/C30H36N2O6.C21H21NO6S.2C16H13N3O3/c1-30(2,3)37-29(35)32-14-12-19(13-15-32)5-4-16-36-22-8-10-23-20(17-22)6-11-26-27(23)28(31-38-26)24-9-7-21(33)18-25(24)34;1-29(25,26)10-2-9-27-15-5-7-16-13(11-15)3-8-19-20(16)21(22-28-19)17-6-4-14(23)12-18(17)24;17-12-3-1-2-8-6-13-11(7-10(8)12)15(19-22-13)9-4-5-14(20)18-16(9)21;17-12-3-1-2-8-6-11-13(7-10(8)12)22-19-15(11)9-4-5-14(20)18-16(9)21/h6,8,10-11,17,19,24H,4-5,7,9,12-16,18H2,1-3H3;3,5,7-8,11,17H,2,4,6,9-10,12H2,1H3;2*1-3,6-7,9H,4-5,17H2,(H,18,20,21). The van der Waals surface area contributed by atoms with Crippen LogP contribution in [0.4, 0.5) is 16.2 Å². The molecule has 5 amide bonds. The molecule has 4 unspecified atom stereocenters. The van der Waals surface area contributed by atoms with Gasteiger partial charge in [0.25, 0.3) is 0 Å². The van der Waals surface area contributed by atoms with Gasteiger partial charge in [0.15, 0.2) is 22.3 Å². The second kappa shape index (κ2) is 31.9. The fourth-order valence-electron chi connectivity index (χ4n) is 15.2. The summed E-state index contributed by atoms with van der Waals surface area (Å²) in [5.74, 6) is -0.992. The molecule has 27 nitrogen and oxygen atoms in total. The zero-order chi connectivity index (χ0) is 78.0. The highest BCUT2D eigenvalue weighted by atomic mass is 32.2. The SMILES string of the molecule is CC(C)(C)OC(=O)N1CCC(CCCOc2ccc3c(ccc4onc(C5CCC(=O)CC5=O)c43)c2)CC1.CS(=O)(=O)CCCOc1ccc2c(ccc3onc(C4CCC(=O)CC4=O)c32)c1.Nc1cccc2cc3c(C4CCC(=O)NC4=O)noc3cc12.Nc1cccc2cc3onc(C4CCC(=O)NC4=O)c3cc12. The van der Waals surface area contributed by atoms with Crippen molar-refractivity contribution >= 4 is 161 Å². The molecule has 2 saturated carbocycles. The van der Waals surface area contributed by atoms with E-state index in [1.165, 1.54) is 6.26 Å². The number of amides is 5. The Hall–Kier alpha value is -11.9. The third-order valence-electron chi connectivity index (χ3n) is 20.9. The molecular weight excluding hydrogens is 1440 g/mol. The van der Waals surface area contributed by atoms with Crippen LogP contribution in [0, 0.1) is 5.92 Å². The van der Waals surface area contributed by atoms with Crippen LogP contribution in [0.5, 0.6) is 11.5 Å². The van der Waals surface area contributed by atoms with Crippen LogP contribution >= 0.6 is 0 Å². The summed E-state index contributed by atoms with van der Waals surface area (Å²) in [6, 6.07) is 37.9. The van der Waals surface area contributed by atoms with Gasteiger partial charge in [-0.15, -0.1) is 0 Å². The normalized spacial score (nSPS) is 18.8. The third kappa shape index (κ3) is 17.1. The summed E-state index contributed by atoms with van der Waals surface area (Å²) in [6.07, 6.45) is 8.56. The van der Waals surface area contributed by atoms with E-state index in [1.54, 1.807) is 6.07 Å². The van der Waals surface area contributed by atoms with E-state index in [-0.39, 0.29) is 71.4 Å². The minimum absolute atomic E-state index is 0.00282. The summed E-state index contributed by atoms with van der Waals surface area (Å²) in [4.78, 5) is 109. The molecule has 17 rings (SSSR count). The zero-order valence-electron chi connectivity index (χ0n) is 61.7. The number of aromatic nitrogens is 4. The van der Waals surface area contributed by atoms with Crippen LogP contribution in [0.1, 0.15) is 164 Å². The second-order valence-corrected chi connectivity index (χ2v) is 32.3. The molecule has 111 heavy (non-hydrogen) atoms. The van der Waals surface area contributed by atoms with Crippen molar-refractivity contribution in [1.82, 2.24) is 36.2 Å². The van der Waals surface area contributed by atoms with Gasteiger partial charge in [0.2, 0.25) is 23.6 Å². The topological polar surface area (TPSA) is 399 Å². The summed E-state index contributed by atoms with van der Waals surface area (Å²) in [5.41, 5.74) is 17.6. The monoisotopic (exact) mass is 1530 g/mol. The number of ketones is 4. The molecule has 6 N–H and O–H groups in total. The van der Waals surface area contributed by atoms with Gasteiger partial charge in [-0.2, -0.15) is 0 Å². The number of sulfone groups is 1. The molecule has 8 aromatic carbocycles. The van der Waals surface area contributed by atoms with Crippen molar-refractivity contribution in [3.8, 4) is 11.5 Å². The molecule has 2 aliphatic carbocycles. The number of nitrogens with zero attached hydrogens (tertiary/aromatic N) is 5. The predicted octanol–water partition coefficient (Wildman–Crippen LogP) is 13.6. The number of Topliss-reactive ketones (excluding diaryl/α,β-unsaturated/α-hetero) is 4. The maximum absolute atomic E-state index is 12.5. The molecule has 0 radical (unpaired) electrons. The molecule has 28 heteroatoms. The highest BCUT2D eigenvalue weighted by Gasteiger charge is 2.37. The van der Waals surface area contributed by atoms with Crippen LogP contribution in [0.15, 0.2) is 139 Å². The molecule has 12 aromatic rings. The molecule has 7 heterocycles. The molecule has 5 aliphatic rings. The Bertz CT molecular complexity index is 5820. The smallest absolute Gasteiger partial charge is 0.410 e. The van der Waals surface area contributed by atoms with Gasteiger partial charge in [-0.05, 0) is 202 Å². The maximum atomic E-state index is 12.5. The second-order valence-electron chi connectivity index (χ2n) is 30.0. The molecule has 5 fully saturated rings. The average molecular weight is 1530 g/mol. The molecule has 3 aliphatic heterocycles. The lowest BCUT2D eigenvalue weighted by Crippen LogP contribution is -2.41. The quantitative estimate of drug-likeness (QED) is 0.0340. The van der Waals surface area contributed by atoms with Gasteiger partial charge >= 0.3 is 6.09 Å². The number of piperidine rings is 3.